The summed E-state index contributed by atoms with van der Waals surface area (Å²) < 4.78 is 11.7. The number of rotatable bonds is 9. The van der Waals surface area contributed by atoms with E-state index in [1.54, 1.807) is 0 Å². The van der Waals surface area contributed by atoms with E-state index >= 15 is 0 Å². The number of piperazine rings is 1. The zero-order valence-electron chi connectivity index (χ0n) is 24.7. The molecule has 0 saturated carbocycles. The summed E-state index contributed by atoms with van der Waals surface area (Å²) in [6.07, 6.45) is 4.99. The summed E-state index contributed by atoms with van der Waals surface area (Å²) in [7, 11) is 0. The first-order chi connectivity index (χ1) is 20.6. The Bertz CT molecular complexity index is 1310. The normalized spacial score (nSPS) is 23.6. The number of fused-ring (bicyclic) bond motifs is 2. The highest BCUT2D eigenvalue weighted by atomic mass is 16.5. The zero-order valence-corrected chi connectivity index (χ0v) is 24.7. The van der Waals surface area contributed by atoms with Gasteiger partial charge in [-0.25, -0.2) is 0 Å². The van der Waals surface area contributed by atoms with Gasteiger partial charge in [-0.3, -0.25) is 9.80 Å². The van der Waals surface area contributed by atoms with Crippen LogP contribution >= 0.6 is 0 Å². The smallest absolute Gasteiger partial charge is 0.318 e. The standard InChI is InChI=1S/C32H43N7O3/c1-3-30(40)39-14-13-37(22-25(39)9-11-33)31-27-8-7-24(38-12-10-26-23(2)5-4-6-29(26)38)21-28(27)34-32(35-31)42-20-17-36-15-18-41-19-16-36/h3-6,24-25,30,40H,1,7-10,12-22H2,2H3/t24?,25-,30?/m0/s1. The Labute approximate surface area is 249 Å². The first kappa shape index (κ1) is 28.9. The Morgan fingerprint density at radius 2 is 2.02 bits per heavy atom. The molecule has 1 N–H and O–H groups in total. The molecule has 4 heterocycles. The third kappa shape index (κ3) is 5.97. The molecule has 3 atom stereocenters. The van der Waals surface area contributed by atoms with Gasteiger partial charge in [-0.1, -0.05) is 18.7 Å². The van der Waals surface area contributed by atoms with Gasteiger partial charge in [0.15, 0.2) is 0 Å². The monoisotopic (exact) mass is 573 g/mol. The lowest BCUT2D eigenvalue weighted by atomic mass is 9.90. The molecule has 2 fully saturated rings. The van der Waals surface area contributed by atoms with Crippen molar-refractivity contribution >= 4 is 11.5 Å². The van der Waals surface area contributed by atoms with E-state index in [9.17, 15) is 10.4 Å². The van der Waals surface area contributed by atoms with Crippen LogP contribution in [0.15, 0.2) is 30.9 Å². The average molecular weight is 574 g/mol. The molecule has 3 aliphatic heterocycles. The molecule has 42 heavy (non-hydrogen) atoms. The maximum Gasteiger partial charge on any atom is 0.318 e. The van der Waals surface area contributed by atoms with Gasteiger partial charge >= 0.3 is 6.01 Å². The zero-order chi connectivity index (χ0) is 29.1. The molecule has 0 spiro atoms. The van der Waals surface area contributed by atoms with Crippen LogP contribution in [0.4, 0.5) is 11.5 Å². The third-order valence-corrected chi connectivity index (χ3v) is 9.39. The number of nitrogens with zero attached hydrogens (tertiary/aromatic N) is 7. The fourth-order valence-electron chi connectivity index (χ4n) is 7.08. The van der Waals surface area contributed by atoms with Crippen LogP contribution in [0.5, 0.6) is 6.01 Å². The topological polar surface area (TPSA) is 101 Å². The Morgan fingerprint density at radius 1 is 1.17 bits per heavy atom. The van der Waals surface area contributed by atoms with E-state index in [1.807, 2.05) is 4.90 Å². The third-order valence-electron chi connectivity index (χ3n) is 9.39. The fraction of sp³-hybridized carbons (Fsp3) is 0.594. The summed E-state index contributed by atoms with van der Waals surface area (Å²) in [5.74, 6) is 0.924. The summed E-state index contributed by atoms with van der Waals surface area (Å²) in [6, 6.07) is 9.66. The van der Waals surface area contributed by atoms with E-state index in [1.165, 1.54) is 28.5 Å². The number of ether oxygens (including phenoxy) is 2. The summed E-state index contributed by atoms with van der Waals surface area (Å²) >= 11 is 0. The quantitative estimate of drug-likeness (QED) is 0.450. The van der Waals surface area contributed by atoms with E-state index in [-0.39, 0.29) is 6.04 Å². The number of aliphatic hydroxyl groups excluding tert-OH is 1. The van der Waals surface area contributed by atoms with Crippen molar-refractivity contribution in [3.8, 4) is 12.1 Å². The first-order valence-corrected chi connectivity index (χ1v) is 15.4. The van der Waals surface area contributed by atoms with Crippen molar-refractivity contribution in [2.75, 3.05) is 75.4 Å². The number of aryl methyl sites for hydroxylation is 1. The number of anilines is 2. The Morgan fingerprint density at radius 3 is 2.83 bits per heavy atom. The summed E-state index contributed by atoms with van der Waals surface area (Å²) in [5.41, 5.74) is 6.49. The Balaban J connectivity index is 1.26. The van der Waals surface area contributed by atoms with Gasteiger partial charge in [0, 0.05) is 75.6 Å². The predicted molar refractivity (Wildman–Crippen MR) is 162 cm³/mol. The van der Waals surface area contributed by atoms with Crippen LogP contribution in [0, 0.1) is 18.3 Å². The summed E-state index contributed by atoms with van der Waals surface area (Å²) in [5, 5.41) is 20.1. The summed E-state index contributed by atoms with van der Waals surface area (Å²) in [4.78, 5) is 19.2. The molecule has 2 saturated heterocycles. The van der Waals surface area contributed by atoms with Crippen molar-refractivity contribution in [2.45, 2.75) is 57.3 Å². The Hall–Kier alpha value is -3.23. The van der Waals surface area contributed by atoms with E-state index in [2.05, 4.69) is 52.5 Å². The van der Waals surface area contributed by atoms with E-state index in [4.69, 9.17) is 19.4 Å². The molecule has 0 amide bonds. The van der Waals surface area contributed by atoms with Crippen LogP contribution in [-0.4, -0.2) is 109 Å². The van der Waals surface area contributed by atoms with Crippen molar-refractivity contribution in [3.05, 3.63) is 53.2 Å². The van der Waals surface area contributed by atoms with Crippen molar-refractivity contribution in [3.63, 3.8) is 0 Å². The SMILES string of the molecule is C=CC(O)N1CCN(c2nc(OCCN3CCOCC3)nc3c2CCC(N2CCc4c(C)cccc42)C3)C[C@@H]1CC#N. The van der Waals surface area contributed by atoms with Crippen LogP contribution in [-0.2, 0) is 24.0 Å². The molecule has 2 aromatic rings. The van der Waals surface area contributed by atoms with E-state index in [0.717, 1.165) is 76.6 Å². The minimum atomic E-state index is -0.767. The molecule has 1 aliphatic carbocycles. The van der Waals surface area contributed by atoms with Gasteiger partial charge in [0.25, 0.3) is 0 Å². The highest BCUT2D eigenvalue weighted by Crippen LogP contribution is 2.38. The van der Waals surface area contributed by atoms with Gasteiger partial charge < -0.3 is 24.4 Å². The molecule has 0 bridgehead atoms. The minimum Gasteiger partial charge on any atom is -0.462 e. The highest BCUT2D eigenvalue weighted by Gasteiger charge is 2.36. The molecule has 1 aromatic carbocycles. The maximum absolute atomic E-state index is 10.5. The molecule has 2 unspecified atom stereocenters. The number of hydrogen-bond acceptors (Lipinski definition) is 10. The fourth-order valence-corrected chi connectivity index (χ4v) is 7.08. The minimum absolute atomic E-state index is 0.117. The van der Waals surface area contributed by atoms with Gasteiger partial charge in [-0.05, 0) is 49.5 Å². The number of benzene rings is 1. The first-order valence-electron chi connectivity index (χ1n) is 15.4. The molecular formula is C32H43N7O3. The Kier molecular flexibility index (Phi) is 8.91. The van der Waals surface area contributed by atoms with Crippen molar-refractivity contribution in [2.24, 2.45) is 0 Å². The van der Waals surface area contributed by atoms with Gasteiger partial charge in [-0.15, -0.1) is 0 Å². The summed E-state index contributed by atoms with van der Waals surface area (Å²) in [6.45, 7) is 13.6. The second-order valence-corrected chi connectivity index (χ2v) is 11.8. The van der Waals surface area contributed by atoms with Gasteiger partial charge in [0.1, 0.15) is 18.7 Å². The van der Waals surface area contributed by atoms with Crippen molar-refractivity contribution in [1.29, 1.82) is 5.26 Å². The van der Waals surface area contributed by atoms with E-state index < -0.39 is 6.23 Å². The molecule has 10 heteroatoms. The van der Waals surface area contributed by atoms with E-state index in [0.29, 0.717) is 44.7 Å². The van der Waals surface area contributed by atoms with Crippen molar-refractivity contribution in [1.82, 2.24) is 19.8 Å². The second-order valence-electron chi connectivity index (χ2n) is 11.8. The van der Waals surface area contributed by atoms with Crippen LogP contribution < -0.4 is 14.5 Å². The van der Waals surface area contributed by atoms with Crippen LogP contribution in [0.2, 0.25) is 0 Å². The highest BCUT2D eigenvalue weighted by molar-refractivity contribution is 5.62. The molecule has 0 radical (unpaired) electrons. The predicted octanol–water partition coefficient (Wildman–Crippen LogP) is 2.32. The molecule has 224 valence electrons. The van der Waals surface area contributed by atoms with Crippen LogP contribution in [0.25, 0.3) is 0 Å². The lowest BCUT2D eigenvalue weighted by Crippen LogP contribution is -2.56. The largest absolute Gasteiger partial charge is 0.462 e. The van der Waals surface area contributed by atoms with Gasteiger partial charge in [-0.2, -0.15) is 15.2 Å². The number of morpholine rings is 1. The maximum atomic E-state index is 10.5. The lowest BCUT2D eigenvalue weighted by molar-refractivity contribution is 0.00429. The number of aromatic nitrogens is 2. The van der Waals surface area contributed by atoms with Gasteiger partial charge in [0.05, 0.1) is 31.4 Å². The molecule has 4 aliphatic rings. The molecule has 10 nitrogen and oxygen atoms in total. The molecular weight excluding hydrogens is 530 g/mol. The van der Waals surface area contributed by atoms with Crippen molar-refractivity contribution < 1.29 is 14.6 Å². The molecule has 6 rings (SSSR count). The lowest BCUT2D eigenvalue weighted by Gasteiger charge is -2.43. The number of aliphatic hydroxyl groups is 1. The number of hydrogen-bond donors (Lipinski definition) is 1. The van der Waals surface area contributed by atoms with Crippen LogP contribution in [0.3, 0.4) is 0 Å². The second kappa shape index (κ2) is 13.0. The van der Waals surface area contributed by atoms with Crippen LogP contribution in [0.1, 0.15) is 35.2 Å². The average Bonchev–Trinajstić information content (AvgIpc) is 3.46. The van der Waals surface area contributed by atoms with Gasteiger partial charge in [0.2, 0.25) is 0 Å². The number of nitriles is 1. The molecule has 1 aromatic heterocycles.